The van der Waals surface area contributed by atoms with E-state index in [4.69, 9.17) is 4.74 Å². The molecule has 0 amide bonds. The highest BCUT2D eigenvalue weighted by atomic mass is 32.1. The smallest absolute Gasteiger partial charge is 0.195 e. The third-order valence-electron chi connectivity index (χ3n) is 7.47. The first-order valence-corrected chi connectivity index (χ1v) is 12.4. The van der Waals surface area contributed by atoms with Crippen LogP contribution in [0.3, 0.4) is 0 Å². The molecule has 1 fully saturated rings. The summed E-state index contributed by atoms with van der Waals surface area (Å²) >= 11 is 1.72. The summed E-state index contributed by atoms with van der Waals surface area (Å²) in [7, 11) is 0. The topological polar surface area (TPSA) is 29.5 Å². The van der Waals surface area contributed by atoms with Gasteiger partial charge in [0.05, 0.1) is 6.10 Å². The van der Waals surface area contributed by atoms with E-state index in [2.05, 4.69) is 58.9 Å². The number of rotatable bonds is 5. The van der Waals surface area contributed by atoms with E-state index < -0.39 is 5.79 Å². The van der Waals surface area contributed by atoms with Gasteiger partial charge in [0.1, 0.15) is 5.82 Å². The molecule has 0 radical (unpaired) electrons. The van der Waals surface area contributed by atoms with Crippen LogP contribution in [0.15, 0.2) is 54.6 Å². The zero-order valence-electron chi connectivity index (χ0n) is 19.6. The second kappa shape index (κ2) is 9.09. The SMILES string of the molecule is CC[C@H]1OC(O)(c2ccc(C)c(Cc3ccc(-c4ccc(F)cc4)s3)c2)[C@H](C)[C@@H](C)[C@@H]1C. The van der Waals surface area contributed by atoms with Gasteiger partial charge in [-0.3, -0.25) is 0 Å². The minimum Gasteiger partial charge on any atom is -0.362 e. The Morgan fingerprint density at radius 3 is 2.41 bits per heavy atom. The van der Waals surface area contributed by atoms with Crippen LogP contribution in [0.25, 0.3) is 10.4 Å². The van der Waals surface area contributed by atoms with Crippen LogP contribution in [0.4, 0.5) is 4.39 Å². The number of halogens is 1. The Labute approximate surface area is 195 Å². The lowest BCUT2D eigenvalue weighted by atomic mass is 9.72. The first-order valence-electron chi connectivity index (χ1n) is 11.6. The van der Waals surface area contributed by atoms with Crippen molar-refractivity contribution >= 4 is 11.3 Å². The molecule has 1 aromatic heterocycles. The molecule has 5 atom stereocenters. The summed E-state index contributed by atoms with van der Waals surface area (Å²) in [4.78, 5) is 2.37. The molecule has 32 heavy (non-hydrogen) atoms. The maximum Gasteiger partial charge on any atom is 0.195 e. The summed E-state index contributed by atoms with van der Waals surface area (Å²) in [5.74, 6) is -0.717. The zero-order chi connectivity index (χ0) is 23.0. The maximum absolute atomic E-state index is 13.3. The average molecular weight is 453 g/mol. The van der Waals surface area contributed by atoms with Crippen molar-refractivity contribution in [2.24, 2.45) is 17.8 Å². The summed E-state index contributed by atoms with van der Waals surface area (Å²) in [6, 6.07) is 17.1. The molecule has 1 aliphatic heterocycles. The molecular weight excluding hydrogens is 419 g/mol. The first kappa shape index (κ1) is 23.2. The Bertz CT molecular complexity index is 1070. The number of hydrogen-bond acceptors (Lipinski definition) is 3. The fourth-order valence-electron chi connectivity index (χ4n) is 4.90. The summed E-state index contributed by atoms with van der Waals surface area (Å²) in [6.45, 7) is 10.8. The molecular formula is C28H33FO2S. The van der Waals surface area contributed by atoms with Crippen LogP contribution in [0.5, 0.6) is 0 Å². The lowest BCUT2D eigenvalue weighted by molar-refractivity contribution is -0.316. The van der Waals surface area contributed by atoms with Crippen LogP contribution in [-0.2, 0) is 16.9 Å². The average Bonchev–Trinajstić information content (AvgIpc) is 3.25. The monoisotopic (exact) mass is 452 g/mol. The van der Waals surface area contributed by atoms with Crippen LogP contribution in [0.2, 0.25) is 0 Å². The standard InChI is InChI=1S/C28H33FO2S/c1-6-26-19(4)18(3)20(5)28(30,31-26)23-10-7-17(2)22(15-23)16-25-13-14-27(32-25)21-8-11-24(29)12-9-21/h7-15,18-20,26,30H,6,16H2,1-5H3/t18-,19-,20+,26+,28?/m0/s1. The molecule has 170 valence electrons. The van der Waals surface area contributed by atoms with Crippen LogP contribution in [-0.4, -0.2) is 11.2 Å². The molecule has 3 aromatic rings. The van der Waals surface area contributed by atoms with Gasteiger partial charge < -0.3 is 9.84 Å². The van der Waals surface area contributed by atoms with Gasteiger partial charge in [-0.15, -0.1) is 11.3 Å². The van der Waals surface area contributed by atoms with E-state index in [1.807, 2.05) is 18.2 Å². The fraction of sp³-hybridized carbons (Fsp3) is 0.429. The molecule has 2 nitrogen and oxygen atoms in total. The molecule has 0 aliphatic carbocycles. The minimum absolute atomic E-state index is 0.00247. The van der Waals surface area contributed by atoms with E-state index in [1.54, 1.807) is 11.3 Å². The normalized spacial score (nSPS) is 28.1. The van der Waals surface area contributed by atoms with Gasteiger partial charge in [-0.2, -0.15) is 0 Å². The van der Waals surface area contributed by atoms with E-state index in [9.17, 15) is 9.50 Å². The number of thiophene rings is 1. The number of aryl methyl sites for hydroxylation is 1. The third-order valence-corrected chi connectivity index (χ3v) is 8.61. The molecule has 1 saturated heterocycles. The van der Waals surface area contributed by atoms with E-state index in [0.29, 0.717) is 11.8 Å². The van der Waals surface area contributed by atoms with Crippen LogP contribution < -0.4 is 0 Å². The molecule has 0 bridgehead atoms. The van der Waals surface area contributed by atoms with Crippen LogP contribution in [0.1, 0.15) is 55.7 Å². The summed E-state index contributed by atoms with van der Waals surface area (Å²) < 4.78 is 19.6. The molecule has 2 heterocycles. The minimum atomic E-state index is -1.27. The van der Waals surface area contributed by atoms with Crippen molar-refractivity contribution in [3.63, 3.8) is 0 Å². The number of hydrogen-bond donors (Lipinski definition) is 1. The van der Waals surface area contributed by atoms with Crippen molar-refractivity contribution in [1.82, 2.24) is 0 Å². The van der Waals surface area contributed by atoms with Crippen molar-refractivity contribution in [3.05, 3.63) is 82.0 Å². The Balaban J connectivity index is 1.61. The van der Waals surface area contributed by atoms with Crippen molar-refractivity contribution in [3.8, 4) is 10.4 Å². The highest BCUT2D eigenvalue weighted by Crippen LogP contribution is 2.46. The molecule has 1 unspecified atom stereocenters. The molecule has 0 saturated carbocycles. The van der Waals surface area contributed by atoms with Gasteiger partial charge in [-0.25, -0.2) is 4.39 Å². The lowest BCUT2D eigenvalue weighted by Crippen LogP contribution is -2.51. The van der Waals surface area contributed by atoms with Gasteiger partial charge in [0.25, 0.3) is 0 Å². The van der Waals surface area contributed by atoms with Gasteiger partial charge >= 0.3 is 0 Å². The molecule has 0 spiro atoms. The number of ether oxygens (including phenoxy) is 1. The molecule has 4 heteroatoms. The van der Waals surface area contributed by atoms with Gasteiger partial charge in [0.15, 0.2) is 5.79 Å². The summed E-state index contributed by atoms with van der Waals surface area (Å²) in [6.07, 6.45) is 1.73. The Morgan fingerprint density at radius 2 is 1.72 bits per heavy atom. The van der Waals surface area contributed by atoms with Gasteiger partial charge in [0, 0.05) is 27.7 Å². The van der Waals surface area contributed by atoms with Gasteiger partial charge in [-0.1, -0.05) is 52.0 Å². The predicted molar refractivity (Wildman–Crippen MR) is 130 cm³/mol. The maximum atomic E-state index is 13.3. The van der Waals surface area contributed by atoms with Crippen LogP contribution >= 0.6 is 11.3 Å². The summed E-state index contributed by atoms with van der Waals surface area (Å²) in [5.41, 5.74) is 4.27. The van der Waals surface area contributed by atoms with Crippen LogP contribution in [0, 0.1) is 30.5 Å². The predicted octanol–water partition coefficient (Wildman–Crippen LogP) is 7.32. The lowest BCUT2D eigenvalue weighted by Gasteiger charge is -2.49. The van der Waals surface area contributed by atoms with E-state index in [0.717, 1.165) is 28.8 Å². The Kier molecular flexibility index (Phi) is 6.58. The highest BCUT2D eigenvalue weighted by molar-refractivity contribution is 7.15. The fourth-order valence-corrected chi connectivity index (χ4v) is 5.93. The van der Waals surface area contributed by atoms with Crippen molar-refractivity contribution in [1.29, 1.82) is 0 Å². The summed E-state index contributed by atoms with van der Waals surface area (Å²) in [5, 5.41) is 11.7. The quantitative estimate of drug-likeness (QED) is 0.439. The number of benzene rings is 2. The molecule has 2 aromatic carbocycles. The third kappa shape index (κ3) is 4.28. The second-order valence-corrected chi connectivity index (χ2v) is 10.5. The Hall–Kier alpha value is -2.01. The molecule has 1 aliphatic rings. The van der Waals surface area contributed by atoms with E-state index in [-0.39, 0.29) is 17.8 Å². The largest absolute Gasteiger partial charge is 0.362 e. The van der Waals surface area contributed by atoms with Gasteiger partial charge in [-0.05, 0) is 72.2 Å². The molecule has 4 rings (SSSR count). The second-order valence-electron chi connectivity index (χ2n) is 9.36. The zero-order valence-corrected chi connectivity index (χ0v) is 20.4. The molecule has 1 N–H and O–H groups in total. The first-order chi connectivity index (χ1) is 15.2. The van der Waals surface area contributed by atoms with E-state index >= 15 is 0 Å². The van der Waals surface area contributed by atoms with Gasteiger partial charge in [0.2, 0.25) is 0 Å². The van der Waals surface area contributed by atoms with Crippen molar-refractivity contribution in [2.75, 3.05) is 0 Å². The van der Waals surface area contributed by atoms with E-state index in [1.165, 1.54) is 28.1 Å². The van der Waals surface area contributed by atoms with Crippen molar-refractivity contribution in [2.45, 2.75) is 59.4 Å². The van der Waals surface area contributed by atoms with Crippen molar-refractivity contribution < 1.29 is 14.2 Å². The Morgan fingerprint density at radius 1 is 1.00 bits per heavy atom. The number of aliphatic hydroxyl groups is 1. The highest BCUT2D eigenvalue weighted by Gasteiger charge is 2.49.